The fourth-order valence-electron chi connectivity index (χ4n) is 2.70. The van der Waals surface area contributed by atoms with Crippen LogP contribution in [0.25, 0.3) is 0 Å². The fourth-order valence-corrected chi connectivity index (χ4v) is 4.15. The Bertz CT molecular complexity index is 458. The van der Waals surface area contributed by atoms with Crippen LogP contribution in [-0.2, 0) is 4.79 Å². The highest BCUT2D eigenvalue weighted by Gasteiger charge is 2.23. The van der Waals surface area contributed by atoms with Gasteiger partial charge in [0.25, 0.3) is 0 Å². The number of rotatable bonds is 6. The lowest BCUT2D eigenvalue weighted by atomic mass is 10.0. The Balaban J connectivity index is 1.92. The molecule has 0 bridgehead atoms. The SMILES string of the molecule is CCC(SC1CCCCC1)C(=O)Nc1cccc(OC)c1. The number of nitrogens with one attached hydrogen (secondary N) is 1. The number of benzene rings is 1. The number of hydrogen-bond donors (Lipinski definition) is 1. The molecule has 0 aromatic heterocycles. The van der Waals surface area contributed by atoms with Gasteiger partial charge in [0.2, 0.25) is 5.91 Å². The summed E-state index contributed by atoms with van der Waals surface area (Å²) in [5, 5.41) is 3.71. The molecule has 116 valence electrons. The van der Waals surface area contributed by atoms with Gasteiger partial charge in [-0.05, 0) is 31.4 Å². The van der Waals surface area contributed by atoms with E-state index in [2.05, 4.69) is 12.2 Å². The Morgan fingerprint density at radius 2 is 2.14 bits per heavy atom. The zero-order valence-electron chi connectivity index (χ0n) is 12.9. The summed E-state index contributed by atoms with van der Waals surface area (Å²) in [4.78, 5) is 12.4. The minimum atomic E-state index is 0.0410. The van der Waals surface area contributed by atoms with Crippen molar-refractivity contribution in [3.63, 3.8) is 0 Å². The van der Waals surface area contributed by atoms with Gasteiger partial charge in [0, 0.05) is 17.0 Å². The van der Waals surface area contributed by atoms with Crippen LogP contribution in [0.5, 0.6) is 5.75 Å². The van der Waals surface area contributed by atoms with Crippen LogP contribution < -0.4 is 10.1 Å². The van der Waals surface area contributed by atoms with Crippen LogP contribution in [0, 0.1) is 0 Å². The number of thioether (sulfide) groups is 1. The Morgan fingerprint density at radius 3 is 2.81 bits per heavy atom. The van der Waals surface area contributed by atoms with Crippen LogP contribution in [0.15, 0.2) is 24.3 Å². The number of methoxy groups -OCH3 is 1. The summed E-state index contributed by atoms with van der Waals surface area (Å²) < 4.78 is 5.19. The standard InChI is InChI=1S/C17H25NO2S/c1-3-16(21-15-10-5-4-6-11-15)17(19)18-13-8-7-9-14(12-13)20-2/h7-9,12,15-16H,3-6,10-11H2,1-2H3,(H,18,19). The van der Waals surface area contributed by atoms with E-state index in [1.807, 2.05) is 36.0 Å². The van der Waals surface area contributed by atoms with Gasteiger partial charge in [0.15, 0.2) is 0 Å². The van der Waals surface area contributed by atoms with E-state index in [-0.39, 0.29) is 11.2 Å². The summed E-state index contributed by atoms with van der Waals surface area (Å²) in [6, 6.07) is 7.53. The van der Waals surface area contributed by atoms with Gasteiger partial charge in [-0.25, -0.2) is 0 Å². The molecule has 1 unspecified atom stereocenters. The molecule has 0 aliphatic heterocycles. The van der Waals surface area contributed by atoms with Crippen molar-refractivity contribution in [2.75, 3.05) is 12.4 Å². The van der Waals surface area contributed by atoms with Gasteiger partial charge in [0.05, 0.1) is 12.4 Å². The largest absolute Gasteiger partial charge is 0.497 e. The van der Waals surface area contributed by atoms with Crippen LogP contribution in [0.3, 0.4) is 0 Å². The Labute approximate surface area is 131 Å². The highest BCUT2D eigenvalue weighted by molar-refractivity contribution is 8.01. The highest BCUT2D eigenvalue weighted by atomic mass is 32.2. The molecular formula is C17H25NO2S. The van der Waals surface area contributed by atoms with E-state index in [1.54, 1.807) is 7.11 Å². The van der Waals surface area contributed by atoms with Crippen molar-refractivity contribution < 1.29 is 9.53 Å². The molecule has 1 atom stereocenters. The van der Waals surface area contributed by atoms with Crippen molar-refractivity contribution in [2.45, 2.75) is 55.9 Å². The Kier molecular flexibility index (Phi) is 6.43. The molecule has 1 amide bonds. The number of carbonyl (C=O) groups excluding carboxylic acids is 1. The van der Waals surface area contributed by atoms with Crippen LogP contribution in [0.2, 0.25) is 0 Å². The van der Waals surface area contributed by atoms with E-state index >= 15 is 0 Å². The fraction of sp³-hybridized carbons (Fsp3) is 0.588. The maximum Gasteiger partial charge on any atom is 0.237 e. The summed E-state index contributed by atoms with van der Waals surface area (Å²) in [6.45, 7) is 2.09. The molecule has 1 aliphatic carbocycles. The van der Waals surface area contributed by atoms with Crippen molar-refractivity contribution in [2.24, 2.45) is 0 Å². The van der Waals surface area contributed by atoms with Crippen molar-refractivity contribution in [3.05, 3.63) is 24.3 Å². The second kappa shape index (κ2) is 8.32. The van der Waals surface area contributed by atoms with E-state index in [0.717, 1.165) is 17.9 Å². The van der Waals surface area contributed by atoms with Gasteiger partial charge < -0.3 is 10.1 Å². The molecular weight excluding hydrogens is 282 g/mol. The van der Waals surface area contributed by atoms with E-state index < -0.39 is 0 Å². The summed E-state index contributed by atoms with van der Waals surface area (Å²) in [7, 11) is 1.63. The Morgan fingerprint density at radius 1 is 1.38 bits per heavy atom. The normalized spacial score (nSPS) is 17.2. The topological polar surface area (TPSA) is 38.3 Å². The summed E-state index contributed by atoms with van der Waals surface area (Å²) >= 11 is 1.86. The Hall–Kier alpha value is -1.16. The third kappa shape index (κ3) is 4.95. The van der Waals surface area contributed by atoms with Crippen LogP contribution in [0.1, 0.15) is 45.4 Å². The van der Waals surface area contributed by atoms with Crippen LogP contribution >= 0.6 is 11.8 Å². The molecule has 0 spiro atoms. The first-order valence-corrected chi connectivity index (χ1v) is 8.77. The lowest BCUT2D eigenvalue weighted by molar-refractivity contribution is -0.115. The first-order valence-electron chi connectivity index (χ1n) is 7.83. The monoisotopic (exact) mass is 307 g/mol. The molecule has 0 saturated heterocycles. The lowest BCUT2D eigenvalue weighted by Gasteiger charge is -2.25. The lowest BCUT2D eigenvalue weighted by Crippen LogP contribution is -2.27. The number of ether oxygens (including phenoxy) is 1. The summed E-state index contributed by atoms with van der Waals surface area (Å²) in [6.07, 6.45) is 7.36. The predicted octanol–water partition coefficient (Wildman–Crippen LogP) is 4.48. The number of carbonyl (C=O) groups is 1. The van der Waals surface area contributed by atoms with Gasteiger partial charge in [-0.1, -0.05) is 32.3 Å². The quantitative estimate of drug-likeness (QED) is 0.842. The molecule has 0 heterocycles. The molecule has 1 saturated carbocycles. The zero-order valence-corrected chi connectivity index (χ0v) is 13.7. The molecule has 1 aromatic carbocycles. The van der Waals surface area contributed by atoms with E-state index in [4.69, 9.17) is 4.74 Å². The van der Waals surface area contributed by atoms with Crippen molar-refractivity contribution in [3.8, 4) is 5.75 Å². The second-order valence-electron chi connectivity index (χ2n) is 5.51. The number of anilines is 1. The van der Waals surface area contributed by atoms with Gasteiger partial charge in [0.1, 0.15) is 5.75 Å². The summed E-state index contributed by atoms with van der Waals surface area (Å²) in [5.74, 6) is 0.877. The van der Waals surface area contributed by atoms with E-state index in [9.17, 15) is 4.79 Å². The second-order valence-corrected chi connectivity index (χ2v) is 7.02. The molecule has 3 nitrogen and oxygen atoms in total. The molecule has 1 aromatic rings. The molecule has 21 heavy (non-hydrogen) atoms. The van der Waals surface area contributed by atoms with Gasteiger partial charge >= 0.3 is 0 Å². The van der Waals surface area contributed by atoms with Gasteiger partial charge in [-0.3, -0.25) is 4.79 Å². The van der Waals surface area contributed by atoms with Crippen LogP contribution in [-0.4, -0.2) is 23.5 Å². The highest BCUT2D eigenvalue weighted by Crippen LogP contribution is 2.32. The zero-order chi connectivity index (χ0) is 15.1. The average molecular weight is 307 g/mol. The smallest absolute Gasteiger partial charge is 0.237 e. The van der Waals surface area contributed by atoms with E-state index in [0.29, 0.717) is 5.25 Å². The van der Waals surface area contributed by atoms with Crippen LogP contribution in [0.4, 0.5) is 5.69 Å². The summed E-state index contributed by atoms with van der Waals surface area (Å²) in [5.41, 5.74) is 0.807. The van der Waals surface area contributed by atoms with Crippen molar-refractivity contribution >= 4 is 23.4 Å². The first-order chi connectivity index (χ1) is 10.2. The third-order valence-corrected chi connectivity index (χ3v) is 5.64. The van der Waals surface area contributed by atoms with Crippen molar-refractivity contribution in [1.82, 2.24) is 0 Å². The molecule has 1 aliphatic rings. The molecule has 2 rings (SSSR count). The molecule has 1 N–H and O–H groups in total. The average Bonchev–Trinajstić information content (AvgIpc) is 2.53. The van der Waals surface area contributed by atoms with Gasteiger partial charge in [-0.15, -0.1) is 11.8 Å². The predicted molar refractivity (Wildman–Crippen MR) is 90.2 cm³/mol. The minimum absolute atomic E-state index is 0.0410. The molecule has 4 heteroatoms. The maximum atomic E-state index is 12.4. The molecule has 0 radical (unpaired) electrons. The number of hydrogen-bond acceptors (Lipinski definition) is 3. The molecule has 1 fully saturated rings. The third-order valence-electron chi connectivity index (χ3n) is 3.91. The number of amides is 1. The van der Waals surface area contributed by atoms with E-state index in [1.165, 1.54) is 32.1 Å². The first kappa shape index (κ1) is 16.2. The van der Waals surface area contributed by atoms with Crippen molar-refractivity contribution in [1.29, 1.82) is 0 Å². The minimum Gasteiger partial charge on any atom is -0.497 e. The maximum absolute atomic E-state index is 12.4. The van der Waals surface area contributed by atoms with Gasteiger partial charge in [-0.2, -0.15) is 0 Å².